The number of benzene rings is 2. The summed E-state index contributed by atoms with van der Waals surface area (Å²) in [5.41, 5.74) is 4.30. The molecule has 1 aliphatic carbocycles. The fourth-order valence-corrected chi connectivity index (χ4v) is 4.47. The van der Waals surface area contributed by atoms with E-state index in [-0.39, 0.29) is 6.54 Å². The molecule has 1 saturated heterocycles. The molecule has 7 heteroatoms. The van der Waals surface area contributed by atoms with Crippen LogP contribution < -0.4 is 20.1 Å². The van der Waals surface area contributed by atoms with Crippen LogP contribution >= 0.6 is 0 Å². The molecule has 0 bridgehead atoms. The number of piperidine rings is 1. The Kier molecular flexibility index (Phi) is 6.62. The molecule has 0 radical (unpaired) electrons. The SMILES string of the molecule is COc1ccc(CNS(=O)[O-])cc1-c1ccc([C@H]2C[C@@H]2NC2CCNCC2)cc1. The Balaban J connectivity index is 1.43. The third-order valence-electron chi connectivity index (χ3n) is 5.89. The van der Waals surface area contributed by atoms with Gasteiger partial charge in [-0.3, -0.25) is 4.21 Å². The first-order valence-electron chi connectivity index (χ1n) is 10.2. The number of hydrogen-bond acceptors (Lipinski definition) is 5. The third-order valence-corrected chi connectivity index (χ3v) is 6.27. The molecular weight excluding hydrogens is 386 g/mol. The molecule has 0 spiro atoms. The van der Waals surface area contributed by atoms with E-state index in [1.807, 2.05) is 18.2 Å². The molecule has 4 rings (SSSR count). The van der Waals surface area contributed by atoms with Gasteiger partial charge in [0, 0.05) is 41.4 Å². The van der Waals surface area contributed by atoms with Gasteiger partial charge in [0.05, 0.1) is 7.11 Å². The fraction of sp³-hybridized carbons (Fsp3) is 0.455. The van der Waals surface area contributed by atoms with Gasteiger partial charge in [0.1, 0.15) is 5.75 Å². The molecule has 2 aliphatic rings. The molecule has 6 nitrogen and oxygen atoms in total. The first-order chi connectivity index (χ1) is 14.1. The lowest BCUT2D eigenvalue weighted by atomic mass is 9.99. The highest BCUT2D eigenvalue weighted by Crippen LogP contribution is 2.42. The van der Waals surface area contributed by atoms with Crippen molar-refractivity contribution in [3.05, 3.63) is 53.6 Å². The summed E-state index contributed by atoms with van der Waals surface area (Å²) in [5, 5.41) is 7.23. The van der Waals surface area contributed by atoms with Crippen LogP contribution in [0.5, 0.6) is 5.75 Å². The monoisotopic (exact) mass is 414 g/mol. The summed E-state index contributed by atoms with van der Waals surface area (Å²) in [6, 6.07) is 15.7. The Morgan fingerprint density at radius 3 is 2.62 bits per heavy atom. The smallest absolute Gasteiger partial charge is 0.126 e. The van der Waals surface area contributed by atoms with Gasteiger partial charge < -0.3 is 19.9 Å². The molecule has 3 N–H and O–H groups in total. The van der Waals surface area contributed by atoms with Crippen LogP contribution in [0.3, 0.4) is 0 Å². The lowest BCUT2D eigenvalue weighted by Gasteiger charge is -2.24. The summed E-state index contributed by atoms with van der Waals surface area (Å²) in [6.07, 6.45) is 3.64. The topological polar surface area (TPSA) is 85.5 Å². The predicted molar refractivity (Wildman–Crippen MR) is 114 cm³/mol. The average molecular weight is 415 g/mol. The Bertz CT molecular complexity index is 853. The first kappa shape index (κ1) is 20.5. The number of rotatable bonds is 8. The normalized spacial score (nSPS) is 23.0. The standard InChI is InChI=1S/C22H29N3O3S/c1-28-22-7-2-15(14-24-29(26)27)12-20(22)17-5-3-16(4-6-17)19-13-21(19)25-18-8-10-23-11-9-18/h2-7,12,18-19,21,23-25H,8-11,13-14H2,1H3,(H,26,27)/p-1/t19-,21+/m1/s1. The van der Waals surface area contributed by atoms with Crippen molar-refractivity contribution in [3.8, 4) is 16.9 Å². The van der Waals surface area contributed by atoms with E-state index in [0.29, 0.717) is 18.0 Å². The van der Waals surface area contributed by atoms with Crippen molar-refractivity contribution in [2.24, 2.45) is 0 Å². The maximum atomic E-state index is 10.8. The van der Waals surface area contributed by atoms with Crippen LogP contribution in [0.15, 0.2) is 42.5 Å². The van der Waals surface area contributed by atoms with Crippen LogP contribution in [0.25, 0.3) is 11.1 Å². The summed E-state index contributed by atoms with van der Waals surface area (Å²) in [5.74, 6) is 1.38. The minimum atomic E-state index is -2.27. The van der Waals surface area contributed by atoms with Gasteiger partial charge in [0.15, 0.2) is 0 Å². The number of hydrogen-bond donors (Lipinski definition) is 3. The van der Waals surface area contributed by atoms with Gasteiger partial charge in [-0.2, -0.15) is 0 Å². The molecule has 1 heterocycles. The summed E-state index contributed by atoms with van der Waals surface area (Å²) in [6.45, 7) is 2.49. The first-order valence-corrected chi connectivity index (χ1v) is 11.3. The number of nitrogens with one attached hydrogen (secondary N) is 3. The van der Waals surface area contributed by atoms with Crippen molar-refractivity contribution in [1.29, 1.82) is 0 Å². The van der Waals surface area contributed by atoms with E-state index >= 15 is 0 Å². The molecule has 0 aromatic heterocycles. The van der Waals surface area contributed by atoms with Crippen LogP contribution in [0.4, 0.5) is 0 Å². The molecule has 0 amide bonds. The predicted octanol–water partition coefficient (Wildman–Crippen LogP) is 2.44. The minimum absolute atomic E-state index is 0.261. The highest BCUT2D eigenvalue weighted by molar-refractivity contribution is 7.77. The van der Waals surface area contributed by atoms with Crippen LogP contribution in [-0.4, -0.2) is 41.0 Å². The van der Waals surface area contributed by atoms with Crippen molar-refractivity contribution < 1.29 is 13.5 Å². The second-order valence-electron chi connectivity index (χ2n) is 7.85. The van der Waals surface area contributed by atoms with E-state index in [2.05, 4.69) is 39.6 Å². The highest BCUT2D eigenvalue weighted by atomic mass is 32.2. The molecule has 1 unspecified atom stereocenters. The summed E-state index contributed by atoms with van der Waals surface area (Å²) in [4.78, 5) is 0. The van der Waals surface area contributed by atoms with Gasteiger partial charge in [-0.05, 0) is 61.2 Å². The molecule has 29 heavy (non-hydrogen) atoms. The zero-order valence-electron chi connectivity index (χ0n) is 16.6. The van der Waals surface area contributed by atoms with Crippen LogP contribution in [0, 0.1) is 0 Å². The largest absolute Gasteiger partial charge is 0.760 e. The summed E-state index contributed by atoms with van der Waals surface area (Å²) < 4.78 is 29.5. The lowest BCUT2D eigenvalue weighted by molar-refractivity contribution is 0.383. The van der Waals surface area contributed by atoms with Crippen molar-refractivity contribution in [1.82, 2.24) is 15.4 Å². The highest BCUT2D eigenvalue weighted by Gasteiger charge is 2.39. The van der Waals surface area contributed by atoms with E-state index in [1.54, 1.807) is 7.11 Å². The molecule has 1 saturated carbocycles. The molecule has 2 aromatic rings. The van der Waals surface area contributed by atoms with Crippen LogP contribution in [0.1, 0.15) is 36.3 Å². The van der Waals surface area contributed by atoms with E-state index < -0.39 is 11.3 Å². The summed E-state index contributed by atoms with van der Waals surface area (Å²) >= 11 is -2.27. The Hall–Kier alpha value is -1.77. The van der Waals surface area contributed by atoms with Gasteiger partial charge in [-0.25, -0.2) is 4.72 Å². The van der Waals surface area contributed by atoms with Gasteiger partial charge in [0.25, 0.3) is 0 Å². The van der Waals surface area contributed by atoms with E-state index in [4.69, 9.17) is 4.74 Å². The number of ether oxygens (including phenoxy) is 1. The van der Waals surface area contributed by atoms with Gasteiger partial charge in [0.2, 0.25) is 0 Å². The Morgan fingerprint density at radius 1 is 1.17 bits per heavy atom. The Labute approximate surface area is 174 Å². The molecule has 2 aromatic carbocycles. The van der Waals surface area contributed by atoms with Crippen LogP contribution in [-0.2, 0) is 17.8 Å². The molecular formula is C22H28N3O3S-. The van der Waals surface area contributed by atoms with Crippen molar-refractivity contribution >= 4 is 11.3 Å². The third kappa shape index (κ3) is 5.24. The summed E-state index contributed by atoms with van der Waals surface area (Å²) in [7, 11) is 1.65. The lowest BCUT2D eigenvalue weighted by Crippen LogP contribution is -2.41. The van der Waals surface area contributed by atoms with E-state index in [0.717, 1.165) is 35.5 Å². The second kappa shape index (κ2) is 9.36. The second-order valence-corrected chi connectivity index (χ2v) is 8.61. The van der Waals surface area contributed by atoms with Crippen molar-refractivity contribution in [3.63, 3.8) is 0 Å². The van der Waals surface area contributed by atoms with Gasteiger partial charge in [-0.15, -0.1) is 0 Å². The number of methoxy groups -OCH3 is 1. The maximum absolute atomic E-state index is 10.8. The zero-order valence-corrected chi connectivity index (χ0v) is 17.5. The fourth-order valence-electron chi connectivity index (χ4n) is 4.18. The Morgan fingerprint density at radius 2 is 1.93 bits per heavy atom. The molecule has 1 aliphatic heterocycles. The van der Waals surface area contributed by atoms with Gasteiger partial charge >= 0.3 is 0 Å². The van der Waals surface area contributed by atoms with E-state index in [1.165, 1.54) is 24.8 Å². The zero-order chi connectivity index (χ0) is 20.2. The van der Waals surface area contributed by atoms with E-state index in [9.17, 15) is 8.76 Å². The quantitative estimate of drug-likeness (QED) is 0.578. The van der Waals surface area contributed by atoms with Gasteiger partial charge in [-0.1, -0.05) is 30.3 Å². The average Bonchev–Trinajstić information content (AvgIpc) is 3.52. The minimum Gasteiger partial charge on any atom is -0.760 e. The maximum Gasteiger partial charge on any atom is 0.126 e. The molecule has 2 fully saturated rings. The molecule has 3 atom stereocenters. The van der Waals surface area contributed by atoms with Crippen molar-refractivity contribution in [2.75, 3.05) is 20.2 Å². The van der Waals surface area contributed by atoms with Crippen molar-refractivity contribution in [2.45, 2.75) is 43.8 Å². The van der Waals surface area contributed by atoms with Crippen LogP contribution in [0.2, 0.25) is 0 Å². The molecule has 156 valence electrons.